The highest BCUT2D eigenvalue weighted by atomic mass is 16.3. The zero-order valence-corrected chi connectivity index (χ0v) is 12.0. The van der Waals surface area contributed by atoms with Crippen LogP contribution in [-0.2, 0) is 11.3 Å². The highest BCUT2D eigenvalue weighted by Crippen LogP contribution is 2.13. The Morgan fingerprint density at radius 1 is 1.42 bits per heavy atom. The molecular weight excluding hydrogens is 238 g/mol. The topological polar surface area (TPSA) is 40.5 Å². The summed E-state index contributed by atoms with van der Waals surface area (Å²) in [6.45, 7) is 10.3. The van der Waals surface area contributed by atoms with E-state index in [9.17, 15) is 9.90 Å². The molecule has 1 aromatic carbocycles. The summed E-state index contributed by atoms with van der Waals surface area (Å²) < 4.78 is 0. The van der Waals surface area contributed by atoms with Crippen LogP contribution in [0.5, 0.6) is 0 Å². The van der Waals surface area contributed by atoms with Gasteiger partial charge in [0.05, 0.1) is 0 Å². The van der Waals surface area contributed by atoms with Gasteiger partial charge in [-0.25, -0.2) is 0 Å². The number of hydrogen-bond donors (Lipinski definition) is 1. The Balaban J connectivity index is 2.87. The van der Waals surface area contributed by atoms with Crippen LogP contribution in [0.25, 0.3) is 0 Å². The molecule has 0 saturated carbocycles. The van der Waals surface area contributed by atoms with Gasteiger partial charge >= 0.3 is 0 Å². The Bertz CT molecular complexity index is 440. The molecule has 1 rings (SSSR count). The van der Waals surface area contributed by atoms with E-state index in [0.29, 0.717) is 13.1 Å². The summed E-state index contributed by atoms with van der Waals surface area (Å²) in [5.41, 5.74) is 2.23. The van der Waals surface area contributed by atoms with Crippen molar-refractivity contribution in [1.29, 1.82) is 0 Å². The summed E-state index contributed by atoms with van der Waals surface area (Å²) in [6, 6.07) is 7.95. The second-order valence-corrected chi connectivity index (χ2v) is 5.12. The maximum absolute atomic E-state index is 12.2. The van der Waals surface area contributed by atoms with Crippen LogP contribution in [0.15, 0.2) is 36.9 Å². The van der Waals surface area contributed by atoms with Gasteiger partial charge in [-0.2, -0.15) is 0 Å². The smallest absolute Gasteiger partial charge is 0.252 e. The zero-order chi connectivity index (χ0) is 14.4. The fourth-order valence-electron chi connectivity index (χ4n) is 1.85. The van der Waals surface area contributed by atoms with E-state index in [1.54, 1.807) is 11.0 Å². The first kappa shape index (κ1) is 15.4. The SMILES string of the molecule is C=CCN(Cc1ccccc1C)C(=O)[C@H](O)C(C)C. The van der Waals surface area contributed by atoms with E-state index in [1.807, 2.05) is 45.0 Å². The minimum Gasteiger partial charge on any atom is -0.383 e. The number of aliphatic hydroxyl groups is 1. The highest BCUT2D eigenvalue weighted by Gasteiger charge is 2.24. The molecule has 0 aliphatic heterocycles. The van der Waals surface area contributed by atoms with Gasteiger partial charge in [0.25, 0.3) is 5.91 Å². The summed E-state index contributed by atoms with van der Waals surface area (Å²) in [4.78, 5) is 13.9. The fraction of sp³-hybridized carbons (Fsp3) is 0.438. The van der Waals surface area contributed by atoms with Gasteiger partial charge in [-0.05, 0) is 24.0 Å². The minimum absolute atomic E-state index is 0.0864. The summed E-state index contributed by atoms with van der Waals surface area (Å²) in [5.74, 6) is -0.324. The first-order valence-corrected chi connectivity index (χ1v) is 6.59. The Morgan fingerprint density at radius 3 is 2.58 bits per heavy atom. The van der Waals surface area contributed by atoms with E-state index >= 15 is 0 Å². The maximum Gasteiger partial charge on any atom is 0.252 e. The lowest BCUT2D eigenvalue weighted by atomic mass is 10.0. The molecule has 1 atom stereocenters. The second-order valence-electron chi connectivity index (χ2n) is 5.12. The van der Waals surface area contributed by atoms with E-state index in [4.69, 9.17) is 0 Å². The van der Waals surface area contributed by atoms with Crippen molar-refractivity contribution in [3.63, 3.8) is 0 Å². The van der Waals surface area contributed by atoms with Gasteiger partial charge in [-0.1, -0.05) is 44.2 Å². The predicted molar refractivity (Wildman–Crippen MR) is 77.6 cm³/mol. The molecule has 0 radical (unpaired) electrons. The molecule has 0 saturated heterocycles. The molecule has 0 fully saturated rings. The van der Waals surface area contributed by atoms with E-state index in [0.717, 1.165) is 11.1 Å². The van der Waals surface area contributed by atoms with Crippen molar-refractivity contribution >= 4 is 5.91 Å². The van der Waals surface area contributed by atoms with Crippen molar-refractivity contribution < 1.29 is 9.90 Å². The van der Waals surface area contributed by atoms with Crippen LogP contribution in [0.1, 0.15) is 25.0 Å². The number of carbonyl (C=O) groups excluding carboxylic acids is 1. The number of aryl methyl sites for hydroxylation is 1. The van der Waals surface area contributed by atoms with Gasteiger partial charge in [0.1, 0.15) is 6.10 Å². The lowest BCUT2D eigenvalue weighted by Gasteiger charge is -2.26. The largest absolute Gasteiger partial charge is 0.383 e. The first-order chi connectivity index (χ1) is 8.97. The van der Waals surface area contributed by atoms with Crippen LogP contribution in [-0.4, -0.2) is 28.6 Å². The molecule has 3 heteroatoms. The average Bonchev–Trinajstić information content (AvgIpc) is 2.38. The van der Waals surface area contributed by atoms with E-state index in [1.165, 1.54) is 0 Å². The van der Waals surface area contributed by atoms with E-state index in [2.05, 4.69) is 6.58 Å². The second kappa shape index (κ2) is 7.10. The third kappa shape index (κ3) is 4.21. The van der Waals surface area contributed by atoms with Crippen LogP contribution in [0.3, 0.4) is 0 Å². The summed E-state index contributed by atoms with van der Waals surface area (Å²) >= 11 is 0. The maximum atomic E-state index is 12.2. The summed E-state index contributed by atoms with van der Waals surface area (Å²) in [6.07, 6.45) is 0.729. The molecule has 0 unspecified atom stereocenters. The van der Waals surface area contributed by atoms with Crippen molar-refractivity contribution in [2.75, 3.05) is 6.54 Å². The van der Waals surface area contributed by atoms with Crippen LogP contribution in [0, 0.1) is 12.8 Å². The lowest BCUT2D eigenvalue weighted by Crippen LogP contribution is -2.41. The molecule has 1 aromatic rings. The molecule has 104 valence electrons. The van der Waals surface area contributed by atoms with Gasteiger partial charge in [-0.3, -0.25) is 4.79 Å². The molecular formula is C16H23NO2. The number of benzene rings is 1. The fourth-order valence-corrected chi connectivity index (χ4v) is 1.85. The van der Waals surface area contributed by atoms with Gasteiger partial charge in [0.15, 0.2) is 0 Å². The van der Waals surface area contributed by atoms with Gasteiger partial charge < -0.3 is 10.0 Å². The monoisotopic (exact) mass is 261 g/mol. The minimum atomic E-state index is -0.955. The molecule has 1 amide bonds. The van der Waals surface area contributed by atoms with Crippen molar-refractivity contribution in [2.24, 2.45) is 5.92 Å². The molecule has 0 heterocycles. The third-order valence-corrected chi connectivity index (χ3v) is 3.17. The Hall–Kier alpha value is -1.61. The Morgan fingerprint density at radius 2 is 2.05 bits per heavy atom. The third-order valence-electron chi connectivity index (χ3n) is 3.17. The molecule has 19 heavy (non-hydrogen) atoms. The van der Waals surface area contributed by atoms with Crippen molar-refractivity contribution in [3.05, 3.63) is 48.0 Å². The standard InChI is InChI=1S/C16H23NO2/c1-5-10-17(16(19)15(18)12(2)3)11-14-9-7-6-8-13(14)4/h5-9,12,15,18H,1,10-11H2,2-4H3/t15-/m1/s1. The van der Waals surface area contributed by atoms with Crippen LogP contribution in [0.4, 0.5) is 0 Å². The molecule has 3 nitrogen and oxygen atoms in total. The van der Waals surface area contributed by atoms with E-state index < -0.39 is 6.10 Å². The van der Waals surface area contributed by atoms with Gasteiger partial charge in [0.2, 0.25) is 0 Å². The summed E-state index contributed by atoms with van der Waals surface area (Å²) in [7, 11) is 0. The highest BCUT2D eigenvalue weighted by molar-refractivity contribution is 5.81. The zero-order valence-electron chi connectivity index (χ0n) is 12.0. The van der Waals surface area contributed by atoms with E-state index in [-0.39, 0.29) is 11.8 Å². The van der Waals surface area contributed by atoms with Crippen molar-refractivity contribution in [1.82, 2.24) is 4.90 Å². The predicted octanol–water partition coefficient (Wildman–Crippen LogP) is 2.53. The molecule has 0 aromatic heterocycles. The quantitative estimate of drug-likeness (QED) is 0.799. The molecule has 0 aliphatic carbocycles. The van der Waals surface area contributed by atoms with Crippen LogP contribution < -0.4 is 0 Å². The van der Waals surface area contributed by atoms with Gasteiger partial charge in [-0.15, -0.1) is 6.58 Å². The van der Waals surface area contributed by atoms with Crippen molar-refractivity contribution in [2.45, 2.75) is 33.4 Å². The Labute approximate surface area is 115 Å². The number of carbonyl (C=O) groups is 1. The molecule has 1 N–H and O–H groups in total. The number of nitrogens with zero attached hydrogens (tertiary/aromatic N) is 1. The Kier molecular flexibility index (Phi) is 5.77. The van der Waals surface area contributed by atoms with Crippen LogP contribution in [0.2, 0.25) is 0 Å². The normalized spacial score (nSPS) is 12.3. The lowest BCUT2D eigenvalue weighted by molar-refractivity contribution is -0.142. The average molecular weight is 261 g/mol. The van der Waals surface area contributed by atoms with Crippen molar-refractivity contribution in [3.8, 4) is 0 Å². The molecule has 0 aliphatic rings. The molecule has 0 spiro atoms. The van der Waals surface area contributed by atoms with Crippen LogP contribution >= 0.6 is 0 Å². The molecule has 0 bridgehead atoms. The first-order valence-electron chi connectivity index (χ1n) is 6.59. The number of rotatable bonds is 6. The number of aliphatic hydroxyl groups excluding tert-OH is 1. The number of amides is 1. The van der Waals surface area contributed by atoms with Gasteiger partial charge in [0, 0.05) is 13.1 Å². The number of hydrogen-bond acceptors (Lipinski definition) is 2. The summed E-state index contributed by atoms with van der Waals surface area (Å²) in [5, 5.41) is 9.91.